The van der Waals surface area contributed by atoms with Crippen molar-refractivity contribution in [2.75, 3.05) is 6.54 Å². The molecule has 0 amide bonds. The number of halogens is 1. The summed E-state index contributed by atoms with van der Waals surface area (Å²) in [5, 5.41) is 18.5. The third-order valence-electron chi connectivity index (χ3n) is 2.83. The van der Waals surface area contributed by atoms with Gasteiger partial charge in [0, 0.05) is 12.5 Å². The highest BCUT2D eigenvalue weighted by Crippen LogP contribution is 2.26. The molecule has 0 bridgehead atoms. The highest BCUT2D eigenvalue weighted by Gasteiger charge is 2.12. The van der Waals surface area contributed by atoms with Crippen molar-refractivity contribution < 1.29 is 10.2 Å². The number of aromatic hydroxyl groups is 2. The molecule has 0 spiro atoms. The van der Waals surface area contributed by atoms with Gasteiger partial charge in [-0.2, -0.15) is 0 Å². The Balaban J connectivity index is 0.00000162. The lowest BCUT2D eigenvalue weighted by Crippen LogP contribution is -2.13. The Bertz CT molecular complexity index is 437. The Hall–Kier alpha value is -1.71. The van der Waals surface area contributed by atoms with Crippen LogP contribution in [0.15, 0.2) is 48.5 Å². The van der Waals surface area contributed by atoms with Crippen molar-refractivity contribution in [2.45, 2.75) is 5.92 Å². The van der Waals surface area contributed by atoms with E-state index in [1.165, 1.54) is 0 Å². The van der Waals surface area contributed by atoms with Crippen molar-refractivity contribution in [1.29, 1.82) is 0 Å². The fourth-order valence-corrected chi connectivity index (χ4v) is 1.88. The van der Waals surface area contributed by atoms with E-state index in [4.69, 9.17) is 5.73 Å². The first kappa shape index (κ1) is 14.4. The van der Waals surface area contributed by atoms with Crippen LogP contribution in [0.1, 0.15) is 17.0 Å². The third kappa shape index (κ3) is 3.15. The topological polar surface area (TPSA) is 66.5 Å². The van der Waals surface area contributed by atoms with E-state index in [2.05, 4.69) is 0 Å². The minimum absolute atomic E-state index is 0. The van der Waals surface area contributed by atoms with Crippen molar-refractivity contribution in [3.05, 3.63) is 59.7 Å². The molecule has 2 rings (SSSR count). The molecule has 0 unspecified atom stereocenters. The van der Waals surface area contributed by atoms with E-state index in [9.17, 15) is 10.2 Å². The molecule has 0 saturated heterocycles. The lowest BCUT2D eigenvalue weighted by atomic mass is 9.91. The van der Waals surface area contributed by atoms with Crippen molar-refractivity contribution in [2.24, 2.45) is 5.73 Å². The predicted molar refractivity (Wildman–Crippen MR) is 74.4 cm³/mol. The van der Waals surface area contributed by atoms with E-state index < -0.39 is 0 Å². The molecular formula is C14H16ClNO2. The second-order valence-corrected chi connectivity index (χ2v) is 3.97. The van der Waals surface area contributed by atoms with Crippen LogP contribution in [0.25, 0.3) is 0 Å². The summed E-state index contributed by atoms with van der Waals surface area (Å²) in [4.78, 5) is 0. The van der Waals surface area contributed by atoms with Crippen LogP contribution in [-0.2, 0) is 0 Å². The minimum atomic E-state index is 0. The maximum Gasteiger partial charge on any atom is 0.115 e. The quantitative estimate of drug-likeness (QED) is 0.799. The first-order valence-corrected chi connectivity index (χ1v) is 5.48. The number of hydrogen-bond donors (Lipinski definition) is 3. The summed E-state index contributed by atoms with van der Waals surface area (Å²) >= 11 is 0. The van der Waals surface area contributed by atoms with Gasteiger partial charge < -0.3 is 15.9 Å². The smallest absolute Gasteiger partial charge is 0.115 e. The van der Waals surface area contributed by atoms with Gasteiger partial charge in [0.05, 0.1) is 0 Å². The van der Waals surface area contributed by atoms with Gasteiger partial charge in [-0.1, -0.05) is 24.3 Å². The summed E-state index contributed by atoms with van der Waals surface area (Å²) in [5.74, 6) is 0.571. The summed E-state index contributed by atoms with van der Waals surface area (Å²) in [6.07, 6.45) is 0. The Morgan fingerprint density at radius 3 is 1.39 bits per heavy atom. The van der Waals surface area contributed by atoms with Crippen LogP contribution < -0.4 is 5.73 Å². The Morgan fingerprint density at radius 2 is 1.11 bits per heavy atom. The molecule has 0 saturated carbocycles. The lowest BCUT2D eigenvalue weighted by molar-refractivity contribution is 0.475. The van der Waals surface area contributed by atoms with Crippen molar-refractivity contribution in [3.8, 4) is 11.5 Å². The van der Waals surface area contributed by atoms with Crippen LogP contribution in [0.5, 0.6) is 11.5 Å². The summed E-state index contributed by atoms with van der Waals surface area (Å²) in [6, 6.07) is 14.0. The molecule has 3 nitrogen and oxygen atoms in total. The largest absolute Gasteiger partial charge is 0.508 e. The number of hydrogen-bond acceptors (Lipinski definition) is 3. The molecule has 4 N–H and O–H groups in total. The zero-order valence-electron chi connectivity index (χ0n) is 9.78. The Kier molecular flexibility index (Phi) is 5.01. The van der Waals surface area contributed by atoms with Gasteiger partial charge >= 0.3 is 0 Å². The summed E-state index contributed by atoms with van der Waals surface area (Å²) < 4.78 is 0. The monoisotopic (exact) mass is 265 g/mol. The van der Waals surface area contributed by atoms with Crippen molar-refractivity contribution in [1.82, 2.24) is 0 Å². The summed E-state index contributed by atoms with van der Waals surface area (Å²) in [7, 11) is 0. The van der Waals surface area contributed by atoms with Gasteiger partial charge in [-0.3, -0.25) is 0 Å². The average Bonchev–Trinajstić information content (AvgIpc) is 2.35. The number of benzene rings is 2. The van der Waals surface area contributed by atoms with Gasteiger partial charge in [-0.25, -0.2) is 0 Å². The second-order valence-electron chi connectivity index (χ2n) is 3.97. The summed E-state index contributed by atoms with van der Waals surface area (Å²) in [6.45, 7) is 0.482. The maximum absolute atomic E-state index is 9.25. The molecule has 2 aromatic rings. The van der Waals surface area contributed by atoms with Crippen molar-refractivity contribution >= 4 is 12.4 Å². The van der Waals surface area contributed by atoms with Crippen LogP contribution in [0.2, 0.25) is 0 Å². The average molecular weight is 266 g/mol. The second kappa shape index (κ2) is 6.28. The van der Waals surface area contributed by atoms with E-state index in [0.717, 1.165) is 11.1 Å². The molecule has 96 valence electrons. The van der Waals surface area contributed by atoms with Crippen LogP contribution >= 0.6 is 12.4 Å². The number of rotatable bonds is 3. The lowest BCUT2D eigenvalue weighted by Gasteiger charge is -2.15. The van der Waals surface area contributed by atoms with E-state index in [0.29, 0.717) is 6.54 Å². The molecule has 0 atom stereocenters. The Labute approximate surface area is 112 Å². The normalized spacial score (nSPS) is 10.1. The van der Waals surface area contributed by atoms with Crippen LogP contribution in [0.4, 0.5) is 0 Å². The van der Waals surface area contributed by atoms with Crippen LogP contribution in [-0.4, -0.2) is 16.8 Å². The highest BCUT2D eigenvalue weighted by molar-refractivity contribution is 5.85. The molecule has 0 aliphatic rings. The number of nitrogens with two attached hydrogens (primary N) is 1. The van der Waals surface area contributed by atoms with Crippen LogP contribution in [0.3, 0.4) is 0 Å². The van der Waals surface area contributed by atoms with Crippen LogP contribution in [0, 0.1) is 0 Å². The SMILES string of the molecule is Cl.NCC(c1ccc(O)cc1)c1ccc(O)cc1. The molecule has 0 aromatic heterocycles. The molecule has 4 heteroatoms. The number of phenolic OH excluding ortho intramolecular Hbond substituents is 2. The van der Waals surface area contributed by atoms with E-state index in [-0.39, 0.29) is 29.8 Å². The van der Waals surface area contributed by atoms with E-state index >= 15 is 0 Å². The van der Waals surface area contributed by atoms with Gasteiger partial charge in [-0.15, -0.1) is 12.4 Å². The fourth-order valence-electron chi connectivity index (χ4n) is 1.88. The third-order valence-corrected chi connectivity index (χ3v) is 2.83. The number of phenols is 2. The molecular weight excluding hydrogens is 250 g/mol. The van der Waals surface area contributed by atoms with Gasteiger partial charge in [0.1, 0.15) is 11.5 Å². The first-order valence-electron chi connectivity index (χ1n) is 5.48. The molecule has 18 heavy (non-hydrogen) atoms. The summed E-state index contributed by atoms with van der Waals surface area (Å²) in [5.41, 5.74) is 7.89. The zero-order valence-corrected chi connectivity index (χ0v) is 10.6. The highest BCUT2D eigenvalue weighted by atomic mass is 35.5. The van der Waals surface area contributed by atoms with E-state index in [1.807, 2.05) is 24.3 Å². The fraction of sp³-hybridized carbons (Fsp3) is 0.143. The van der Waals surface area contributed by atoms with Crippen molar-refractivity contribution in [3.63, 3.8) is 0 Å². The van der Waals surface area contributed by atoms with Gasteiger partial charge in [0.2, 0.25) is 0 Å². The standard InChI is InChI=1S/C14H15NO2.ClH/c15-9-14(10-1-5-12(16)6-2-10)11-3-7-13(17)8-4-11;/h1-8,14,16-17H,9,15H2;1H. The molecule has 0 fully saturated rings. The zero-order chi connectivity index (χ0) is 12.3. The molecule has 2 aromatic carbocycles. The van der Waals surface area contributed by atoms with Gasteiger partial charge in [0.25, 0.3) is 0 Å². The minimum Gasteiger partial charge on any atom is -0.508 e. The molecule has 0 aliphatic carbocycles. The first-order chi connectivity index (χ1) is 8.20. The van der Waals surface area contributed by atoms with Gasteiger partial charge in [-0.05, 0) is 35.4 Å². The predicted octanol–water partition coefficient (Wildman–Crippen LogP) is 2.61. The molecule has 0 radical (unpaired) electrons. The maximum atomic E-state index is 9.25. The Morgan fingerprint density at radius 1 is 0.778 bits per heavy atom. The van der Waals surface area contributed by atoms with E-state index in [1.54, 1.807) is 24.3 Å². The van der Waals surface area contributed by atoms with Gasteiger partial charge in [0.15, 0.2) is 0 Å². The molecule has 0 aliphatic heterocycles. The molecule has 0 heterocycles.